The molecule has 0 aliphatic carbocycles. The number of halogens is 1. The van der Waals surface area contributed by atoms with E-state index in [4.69, 9.17) is 4.74 Å². The van der Waals surface area contributed by atoms with Gasteiger partial charge in [-0.15, -0.1) is 0 Å². The highest BCUT2D eigenvalue weighted by Gasteiger charge is 2.16. The molecular formula is C15H22BrNO. The van der Waals surface area contributed by atoms with E-state index in [1.807, 2.05) is 0 Å². The van der Waals surface area contributed by atoms with Crippen LogP contribution in [0.25, 0.3) is 0 Å². The van der Waals surface area contributed by atoms with E-state index in [2.05, 4.69) is 47.2 Å². The lowest BCUT2D eigenvalue weighted by molar-refractivity contribution is 0.353. The van der Waals surface area contributed by atoms with Crippen LogP contribution in [0.4, 0.5) is 0 Å². The molecule has 1 N–H and O–H groups in total. The fourth-order valence-electron chi connectivity index (χ4n) is 2.33. The molecule has 1 heterocycles. The summed E-state index contributed by atoms with van der Waals surface area (Å²) in [5.41, 5.74) is 2.71. The molecule has 1 aromatic rings. The summed E-state index contributed by atoms with van der Waals surface area (Å²) in [4.78, 5) is 0. The van der Waals surface area contributed by atoms with Crippen LogP contribution in [0.2, 0.25) is 0 Å². The van der Waals surface area contributed by atoms with Crippen LogP contribution in [0.5, 0.6) is 5.75 Å². The lowest BCUT2D eigenvalue weighted by atomic mass is 10.0. The summed E-state index contributed by atoms with van der Waals surface area (Å²) in [6.07, 6.45) is 3.30. The molecule has 1 aliphatic rings. The van der Waals surface area contributed by atoms with Crippen LogP contribution in [-0.4, -0.2) is 19.7 Å². The van der Waals surface area contributed by atoms with E-state index in [0.29, 0.717) is 0 Å². The molecule has 0 amide bonds. The number of hydrogen-bond acceptors (Lipinski definition) is 2. The molecule has 0 fully saturated rings. The molecular weight excluding hydrogens is 290 g/mol. The fourth-order valence-corrected chi connectivity index (χ4v) is 2.88. The Balaban J connectivity index is 1.86. The molecule has 2 nitrogen and oxygen atoms in total. The zero-order valence-electron chi connectivity index (χ0n) is 11.3. The maximum atomic E-state index is 5.74. The Morgan fingerprint density at radius 2 is 2.22 bits per heavy atom. The van der Waals surface area contributed by atoms with Crippen LogP contribution in [0.15, 0.2) is 16.6 Å². The third-order valence-electron chi connectivity index (χ3n) is 3.18. The van der Waals surface area contributed by atoms with Gasteiger partial charge in [0.15, 0.2) is 0 Å². The summed E-state index contributed by atoms with van der Waals surface area (Å²) in [5, 5.41) is 3.48. The molecule has 0 unspecified atom stereocenters. The van der Waals surface area contributed by atoms with E-state index in [1.54, 1.807) is 0 Å². The van der Waals surface area contributed by atoms with Gasteiger partial charge in [-0.05, 0) is 55.1 Å². The van der Waals surface area contributed by atoms with E-state index in [1.165, 1.54) is 22.0 Å². The topological polar surface area (TPSA) is 21.3 Å². The van der Waals surface area contributed by atoms with Crippen molar-refractivity contribution in [3.05, 3.63) is 27.7 Å². The lowest BCUT2D eigenvalue weighted by Crippen LogP contribution is -2.21. The predicted molar refractivity (Wildman–Crippen MR) is 79.4 cm³/mol. The Morgan fingerprint density at radius 1 is 1.39 bits per heavy atom. The first-order valence-corrected chi connectivity index (χ1v) is 7.61. The van der Waals surface area contributed by atoms with Crippen molar-refractivity contribution in [2.24, 2.45) is 5.92 Å². The fraction of sp³-hybridized carbons (Fsp3) is 0.600. The molecule has 2 rings (SSSR count). The van der Waals surface area contributed by atoms with Crippen molar-refractivity contribution in [2.75, 3.05) is 19.7 Å². The molecule has 0 saturated heterocycles. The second-order valence-corrected chi connectivity index (χ2v) is 6.27. The van der Waals surface area contributed by atoms with Crippen LogP contribution in [0.1, 0.15) is 31.4 Å². The first kappa shape index (κ1) is 13.9. The third-order valence-corrected chi connectivity index (χ3v) is 3.64. The van der Waals surface area contributed by atoms with Crippen molar-refractivity contribution < 1.29 is 4.74 Å². The first-order chi connectivity index (χ1) is 8.66. The van der Waals surface area contributed by atoms with Crippen LogP contribution in [0, 0.1) is 5.92 Å². The van der Waals surface area contributed by atoms with Gasteiger partial charge in [-0.2, -0.15) is 0 Å². The van der Waals surface area contributed by atoms with E-state index in [-0.39, 0.29) is 0 Å². The Bertz CT molecular complexity index is 404. The maximum Gasteiger partial charge on any atom is 0.125 e. The summed E-state index contributed by atoms with van der Waals surface area (Å²) < 4.78 is 6.92. The minimum absolute atomic E-state index is 0.725. The van der Waals surface area contributed by atoms with Crippen molar-refractivity contribution in [2.45, 2.75) is 33.1 Å². The van der Waals surface area contributed by atoms with Crippen molar-refractivity contribution in [1.29, 1.82) is 0 Å². The molecule has 0 bridgehead atoms. The maximum absolute atomic E-state index is 5.74. The van der Waals surface area contributed by atoms with Gasteiger partial charge in [0.05, 0.1) is 6.61 Å². The highest BCUT2D eigenvalue weighted by molar-refractivity contribution is 9.10. The number of aryl methyl sites for hydroxylation is 1. The van der Waals surface area contributed by atoms with Gasteiger partial charge in [0.1, 0.15) is 5.75 Å². The summed E-state index contributed by atoms with van der Waals surface area (Å²) in [5.74, 6) is 1.87. The Labute approximate surface area is 118 Å². The van der Waals surface area contributed by atoms with Gasteiger partial charge < -0.3 is 10.1 Å². The normalized spacial score (nSPS) is 13.8. The Morgan fingerprint density at radius 3 is 3.00 bits per heavy atom. The predicted octanol–water partition coefficient (Wildman–Crippen LogP) is 3.56. The van der Waals surface area contributed by atoms with Crippen LogP contribution >= 0.6 is 15.9 Å². The standard InChI is InChI=1S/C15H22BrNO/c1-11(2)10-17-6-3-4-12-8-14(16)9-13-5-7-18-15(12)13/h8-9,11,17H,3-7,10H2,1-2H3. The van der Waals surface area contributed by atoms with Crippen molar-refractivity contribution in [1.82, 2.24) is 5.32 Å². The van der Waals surface area contributed by atoms with Gasteiger partial charge in [-0.25, -0.2) is 0 Å². The molecule has 0 radical (unpaired) electrons. The molecule has 100 valence electrons. The number of hydrogen-bond donors (Lipinski definition) is 1. The summed E-state index contributed by atoms with van der Waals surface area (Å²) >= 11 is 3.59. The van der Waals surface area contributed by atoms with Crippen LogP contribution in [-0.2, 0) is 12.8 Å². The second-order valence-electron chi connectivity index (χ2n) is 5.35. The van der Waals surface area contributed by atoms with E-state index >= 15 is 0 Å². The smallest absolute Gasteiger partial charge is 0.125 e. The molecule has 0 atom stereocenters. The molecule has 0 aromatic heterocycles. The first-order valence-electron chi connectivity index (χ1n) is 6.81. The molecule has 18 heavy (non-hydrogen) atoms. The van der Waals surface area contributed by atoms with E-state index in [9.17, 15) is 0 Å². The average molecular weight is 312 g/mol. The molecule has 0 saturated carbocycles. The van der Waals surface area contributed by atoms with Gasteiger partial charge in [0.25, 0.3) is 0 Å². The van der Waals surface area contributed by atoms with Gasteiger partial charge in [0.2, 0.25) is 0 Å². The number of nitrogens with one attached hydrogen (secondary N) is 1. The lowest BCUT2D eigenvalue weighted by Gasteiger charge is -2.10. The van der Waals surface area contributed by atoms with Crippen LogP contribution in [0.3, 0.4) is 0 Å². The average Bonchev–Trinajstić information content (AvgIpc) is 2.75. The number of benzene rings is 1. The minimum Gasteiger partial charge on any atom is -0.493 e. The molecule has 1 aliphatic heterocycles. The van der Waals surface area contributed by atoms with Gasteiger partial charge in [0, 0.05) is 10.9 Å². The SMILES string of the molecule is CC(C)CNCCCc1cc(Br)cc2c1OCC2. The zero-order chi connectivity index (χ0) is 13.0. The van der Waals surface area contributed by atoms with E-state index < -0.39 is 0 Å². The van der Waals surface area contributed by atoms with Gasteiger partial charge in [-0.3, -0.25) is 0 Å². The largest absolute Gasteiger partial charge is 0.493 e. The number of ether oxygens (including phenoxy) is 1. The van der Waals surface area contributed by atoms with E-state index in [0.717, 1.165) is 44.2 Å². The van der Waals surface area contributed by atoms with Crippen molar-refractivity contribution in [3.63, 3.8) is 0 Å². The Hall–Kier alpha value is -0.540. The Kier molecular flexibility index (Phi) is 5.07. The van der Waals surface area contributed by atoms with Crippen LogP contribution < -0.4 is 10.1 Å². The monoisotopic (exact) mass is 311 g/mol. The summed E-state index contributed by atoms with van der Waals surface area (Å²) in [6.45, 7) is 7.50. The highest BCUT2D eigenvalue weighted by Crippen LogP contribution is 2.33. The number of rotatable bonds is 6. The highest BCUT2D eigenvalue weighted by atomic mass is 79.9. The second kappa shape index (κ2) is 6.58. The third kappa shape index (κ3) is 3.72. The van der Waals surface area contributed by atoms with Gasteiger partial charge in [-0.1, -0.05) is 29.8 Å². The quantitative estimate of drug-likeness (QED) is 0.811. The van der Waals surface area contributed by atoms with Gasteiger partial charge >= 0.3 is 0 Å². The summed E-state index contributed by atoms with van der Waals surface area (Å²) in [7, 11) is 0. The summed E-state index contributed by atoms with van der Waals surface area (Å²) in [6, 6.07) is 4.38. The molecule has 3 heteroatoms. The number of fused-ring (bicyclic) bond motifs is 1. The molecule has 1 aromatic carbocycles. The van der Waals surface area contributed by atoms with Crippen molar-refractivity contribution >= 4 is 15.9 Å². The zero-order valence-corrected chi connectivity index (χ0v) is 12.8. The van der Waals surface area contributed by atoms with Crippen molar-refractivity contribution in [3.8, 4) is 5.75 Å². The molecule has 0 spiro atoms. The minimum atomic E-state index is 0.725.